The molecule has 1 aliphatic rings. The zero-order valence-corrected chi connectivity index (χ0v) is 10.5. The van der Waals surface area contributed by atoms with E-state index in [4.69, 9.17) is 5.11 Å². The predicted octanol–water partition coefficient (Wildman–Crippen LogP) is 2.15. The maximum Gasteiger partial charge on any atom is 0.339 e. The number of rotatable bonds is 4. The van der Waals surface area contributed by atoms with Gasteiger partial charge in [-0.1, -0.05) is 6.07 Å². The first kappa shape index (κ1) is 12.4. The SMILES string of the molecule is O=C(O)c1cccc(-n2ncc(C(=O)O)c2C2CC2)c1. The van der Waals surface area contributed by atoms with Crippen LogP contribution in [0.3, 0.4) is 0 Å². The fraction of sp³-hybridized carbons (Fsp3) is 0.214. The highest BCUT2D eigenvalue weighted by Crippen LogP contribution is 2.42. The quantitative estimate of drug-likeness (QED) is 0.889. The van der Waals surface area contributed by atoms with Crippen LogP contribution in [0, 0.1) is 0 Å². The van der Waals surface area contributed by atoms with E-state index >= 15 is 0 Å². The van der Waals surface area contributed by atoms with Crippen LogP contribution in [0.1, 0.15) is 45.2 Å². The zero-order valence-electron chi connectivity index (χ0n) is 10.5. The van der Waals surface area contributed by atoms with Crippen LogP contribution in [0.2, 0.25) is 0 Å². The van der Waals surface area contributed by atoms with Gasteiger partial charge in [0.1, 0.15) is 5.56 Å². The third-order valence-corrected chi connectivity index (χ3v) is 3.34. The first-order valence-corrected chi connectivity index (χ1v) is 6.23. The van der Waals surface area contributed by atoms with Crippen molar-refractivity contribution in [2.75, 3.05) is 0 Å². The lowest BCUT2D eigenvalue weighted by molar-refractivity contribution is 0.0685. The van der Waals surface area contributed by atoms with Gasteiger partial charge >= 0.3 is 11.9 Å². The lowest BCUT2D eigenvalue weighted by Crippen LogP contribution is -2.06. The summed E-state index contributed by atoms with van der Waals surface area (Å²) in [6.45, 7) is 0. The largest absolute Gasteiger partial charge is 0.478 e. The van der Waals surface area contributed by atoms with Crippen molar-refractivity contribution in [3.63, 3.8) is 0 Å². The van der Waals surface area contributed by atoms with Gasteiger partial charge in [0.2, 0.25) is 0 Å². The Morgan fingerprint density at radius 2 is 1.95 bits per heavy atom. The standard InChI is InChI=1S/C14H12N2O4/c17-13(18)9-2-1-3-10(6-9)16-12(8-4-5-8)11(7-15-16)14(19)20/h1-3,6-8H,4-5H2,(H,17,18)(H,19,20). The molecule has 1 aromatic heterocycles. The highest BCUT2D eigenvalue weighted by molar-refractivity contribution is 5.90. The molecule has 0 radical (unpaired) electrons. The summed E-state index contributed by atoms with van der Waals surface area (Å²) in [6, 6.07) is 6.33. The van der Waals surface area contributed by atoms with Gasteiger partial charge in [-0.05, 0) is 31.0 Å². The lowest BCUT2D eigenvalue weighted by Gasteiger charge is -2.08. The van der Waals surface area contributed by atoms with E-state index in [1.807, 2.05) is 0 Å². The summed E-state index contributed by atoms with van der Waals surface area (Å²) < 4.78 is 1.54. The molecule has 0 amide bonds. The van der Waals surface area contributed by atoms with Gasteiger partial charge in [-0.15, -0.1) is 0 Å². The van der Waals surface area contributed by atoms with E-state index in [2.05, 4.69) is 5.10 Å². The summed E-state index contributed by atoms with van der Waals surface area (Å²) in [5.74, 6) is -1.84. The van der Waals surface area contributed by atoms with Crippen molar-refractivity contribution >= 4 is 11.9 Å². The molecule has 2 N–H and O–H groups in total. The van der Waals surface area contributed by atoms with Crippen LogP contribution in [0.25, 0.3) is 5.69 Å². The third kappa shape index (κ3) is 2.05. The molecule has 0 bridgehead atoms. The maximum absolute atomic E-state index is 11.2. The first-order valence-electron chi connectivity index (χ1n) is 6.23. The number of aromatic carboxylic acids is 2. The van der Waals surface area contributed by atoms with Crippen molar-refractivity contribution in [2.24, 2.45) is 0 Å². The molecule has 0 unspecified atom stereocenters. The van der Waals surface area contributed by atoms with E-state index in [1.54, 1.807) is 12.1 Å². The Morgan fingerprint density at radius 3 is 2.55 bits per heavy atom. The summed E-state index contributed by atoms with van der Waals surface area (Å²) in [5.41, 5.74) is 1.56. The highest BCUT2D eigenvalue weighted by Gasteiger charge is 2.32. The molecule has 1 saturated carbocycles. The number of carboxylic acids is 2. The van der Waals surface area contributed by atoms with Crippen LogP contribution in [0.4, 0.5) is 0 Å². The monoisotopic (exact) mass is 272 g/mol. The molecule has 0 aliphatic heterocycles. The van der Waals surface area contributed by atoms with E-state index in [1.165, 1.54) is 23.0 Å². The molecule has 20 heavy (non-hydrogen) atoms. The molecule has 0 spiro atoms. The normalized spacial score (nSPS) is 14.2. The van der Waals surface area contributed by atoms with Crippen molar-refractivity contribution in [1.29, 1.82) is 0 Å². The molecule has 6 heteroatoms. The maximum atomic E-state index is 11.2. The van der Waals surface area contributed by atoms with Crippen molar-refractivity contribution in [2.45, 2.75) is 18.8 Å². The molecular weight excluding hydrogens is 260 g/mol. The first-order chi connectivity index (χ1) is 9.58. The minimum absolute atomic E-state index is 0.150. The minimum atomic E-state index is -1.02. The average molecular weight is 272 g/mol. The number of hydrogen-bond acceptors (Lipinski definition) is 3. The Hall–Kier alpha value is -2.63. The number of benzene rings is 1. The van der Waals surface area contributed by atoms with Gasteiger partial charge in [-0.3, -0.25) is 0 Å². The summed E-state index contributed by atoms with van der Waals surface area (Å²) in [4.78, 5) is 22.2. The van der Waals surface area contributed by atoms with Crippen molar-refractivity contribution in [3.05, 3.63) is 47.3 Å². The Morgan fingerprint density at radius 1 is 1.20 bits per heavy atom. The summed E-state index contributed by atoms with van der Waals surface area (Å²) in [7, 11) is 0. The van der Waals surface area contributed by atoms with Crippen LogP contribution in [-0.4, -0.2) is 31.9 Å². The molecule has 1 fully saturated rings. The van der Waals surface area contributed by atoms with Crippen LogP contribution >= 0.6 is 0 Å². The number of hydrogen-bond donors (Lipinski definition) is 2. The molecule has 6 nitrogen and oxygen atoms in total. The molecule has 3 rings (SSSR count). The van der Waals surface area contributed by atoms with E-state index in [9.17, 15) is 14.7 Å². The van der Waals surface area contributed by atoms with E-state index < -0.39 is 11.9 Å². The Kier molecular flexibility index (Phi) is 2.78. The van der Waals surface area contributed by atoms with Gasteiger partial charge in [0.25, 0.3) is 0 Å². The Labute approximate surface area is 114 Å². The van der Waals surface area contributed by atoms with E-state index in [0.717, 1.165) is 12.8 Å². The van der Waals surface area contributed by atoms with Gasteiger partial charge in [0.15, 0.2) is 0 Å². The second kappa shape index (κ2) is 4.48. The zero-order chi connectivity index (χ0) is 14.3. The van der Waals surface area contributed by atoms with Gasteiger partial charge in [-0.25, -0.2) is 14.3 Å². The van der Waals surface area contributed by atoms with Crippen LogP contribution in [0.5, 0.6) is 0 Å². The fourth-order valence-electron chi connectivity index (χ4n) is 2.25. The molecule has 1 aromatic carbocycles. The lowest BCUT2D eigenvalue weighted by atomic mass is 10.1. The van der Waals surface area contributed by atoms with Gasteiger partial charge in [0, 0.05) is 5.92 Å². The third-order valence-electron chi connectivity index (χ3n) is 3.34. The molecule has 0 atom stereocenters. The topological polar surface area (TPSA) is 92.4 Å². The van der Waals surface area contributed by atoms with Crippen molar-refractivity contribution < 1.29 is 19.8 Å². The highest BCUT2D eigenvalue weighted by atomic mass is 16.4. The van der Waals surface area contributed by atoms with Gasteiger partial charge in [-0.2, -0.15) is 5.10 Å². The second-order valence-electron chi connectivity index (χ2n) is 4.79. The summed E-state index contributed by atoms with van der Waals surface area (Å²) >= 11 is 0. The van der Waals surface area contributed by atoms with E-state index in [-0.39, 0.29) is 17.0 Å². The van der Waals surface area contributed by atoms with Crippen LogP contribution < -0.4 is 0 Å². The molecule has 1 heterocycles. The molecule has 2 aromatic rings. The second-order valence-corrected chi connectivity index (χ2v) is 4.79. The number of nitrogens with zero attached hydrogens (tertiary/aromatic N) is 2. The predicted molar refractivity (Wildman–Crippen MR) is 69.5 cm³/mol. The van der Waals surface area contributed by atoms with Crippen LogP contribution in [0.15, 0.2) is 30.5 Å². The summed E-state index contributed by atoms with van der Waals surface area (Å²) in [5, 5.41) is 22.3. The van der Waals surface area contributed by atoms with Gasteiger partial charge < -0.3 is 10.2 Å². The Balaban J connectivity index is 2.12. The molecule has 102 valence electrons. The number of aromatic nitrogens is 2. The van der Waals surface area contributed by atoms with E-state index in [0.29, 0.717) is 11.4 Å². The average Bonchev–Trinajstić information content (AvgIpc) is 3.16. The summed E-state index contributed by atoms with van der Waals surface area (Å²) in [6.07, 6.45) is 3.19. The smallest absolute Gasteiger partial charge is 0.339 e. The van der Waals surface area contributed by atoms with Gasteiger partial charge in [0.05, 0.1) is 23.1 Å². The number of carbonyl (C=O) groups is 2. The fourth-order valence-corrected chi connectivity index (χ4v) is 2.25. The Bertz CT molecular complexity index is 701. The molecule has 0 saturated heterocycles. The molecular formula is C14H12N2O4. The number of carboxylic acid groups (broad SMARTS) is 2. The van der Waals surface area contributed by atoms with Crippen molar-refractivity contribution in [3.8, 4) is 5.69 Å². The molecule has 1 aliphatic carbocycles. The van der Waals surface area contributed by atoms with Crippen molar-refractivity contribution in [1.82, 2.24) is 9.78 Å². The van der Waals surface area contributed by atoms with Crippen LogP contribution in [-0.2, 0) is 0 Å². The minimum Gasteiger partial charge on any atom is -0.478 e.